The molecular weight excluding hydrogens is 278 g/mol. The van der Waals surface area contributed by atoms with E-state index >= 15 is 0 Å². The lowest BCUT2D eigenvalue weighted by molar-refractivity contribution is -0.136. The van der Waals surface area contributed by atoms with E-state index in [2.05, 4.69) is 5.32 Å². The van der Waals surface area contributed by atoms with Gasteiger partial charge in [-0.3, -0.25) is 9.59 Å². The summed E-state index contributed by atoms with van der Waals surface area (Å²) in [6.45, 7) is 8.25. The lowest BCUT2D eigenvalue weighted by Gasteiger charge is -2.34. The fraction of sp³-hybridized carbons (Fsp3) is 0.857. The summed E-state index contributed by atoms with van der Waals surface area (Å²) >= 11 is 0. The average molecular weight is 306 g/mol. The Morgan fingerprint density at radius 1 is 1.35 bits per heavy atom. The molecule has 1 fully saturated rings. The summed E-state index contributed by atoms with van der Waals surface area (Å²) in [5.74, 6) is 0.495. The Hall–Kier alpha value is -0.810. The molecule has 0 aliphatic carbocycles. The smallest absolute Gasteiger partial charge is 0.226 e. The zero-order valence-electron chi connectivity index (χ0n) is 12.7. The molecule has 1 heterocycles. The summed E-state index contributed by atoms with van der Waals surface area (Å²) < 4.78 is 0. The lowest BCUT2D eigenvalue weighted by atomic mass is 9.96. The summed E-state index contributed by atoms with van der Waals surface area (Å²) in [5, 5.41) is 2.95. The molecule has 0 spiro atoms. The first-order valence-corrected chi connectivity index (χ1v) is 7.22. The van der Waals surface area contributed by atoms with Gasteiger partial charge in [0.15, 0.2) is 0 Å². The molecule has 1 saturated heterocycles. The van der Waals surface area contributed by atoms with Crippen molar-refractivity contribution in [3.63, 3.8) is 0 Å². The predicted octanol–water partition coefficient (Wildman–Crippen LogP) is 1.01. The third-order valence-corrected chi connectivity index (χ3v) is 3.70. The molecule has 0 aromatic heterocycles. The van der Waals surface area contributed by atoms with Gasteiger partial charge in [0.05, 0.1) is 0 Å². The molecule has 2 amide bonds. The van der Waals surface area contributed by atoms with Crippen molar-refractivity contribution in [1.29, 1.82) is 0 Å². The van der Waals surface area contributed by atoms with E-state index in [0.717, 1.165) is 25.9 Å². The minimum atomic E-state index is -0.107. The quantitative estimate of drug-likeness (QED) is 0.796. The molecule has 2 unspecified atom stereocenters. The number of carbonyl (C=O) groups is 2. The molecule has 0 bridgehead atoms. The highest BCUT2D eigenvalue weighted by molar-refractivity contribution is 5.85. The average Bonchev–Trinajstić information content (AvgIpc) is 2.43. The summed E-state index contributed by atoms with van der Waals surface area (Å²) in [6, 6.07) is 0. The van der Waals surface area contributed by atoms with Crippen LogP contribution in [0.2, 0.25) is 0 Å². The summed E-state index contributed by atoms with van der Waals surface area (Å²) in [5.41, 5.74) is 5.54. The third kappa shape index (κ3) is 5.67. The van der Waals surface area contributed by atoms with Gasteiger partial charge in [-0.15, -0.1) is 12.4 Å². The minimum Gasteiger partial charge on any atom is -0.356 e. The number of hydrogen-bond donors (Lipinski definition) is 2. The third-order valence-electron chi connectivity index (χ3n) is 3.70. The predicted molar refractivity (Wildman–Crippen MR) is 82.6 cm³/mol. The number of amides is 2. The van der Waals surface area contributed by atoms with Crippen LogP contribution < -0.4 is 11.1 Å². The van der Waals surface area contributed by atoms with Gasteiger partial charge in [0, 0.05) is 38.0 Å². The van der Waals surface area contributed by atoms with Gasteiger partial charge in [0.1, 0.15) is 0 Å². The fourth-order valence-electron chi connectivity index (χ4n) is 2.29. The van der Waals surface area contributed by atoms with E-state index in [-0.39, 0.29) is 36.1 Å². The van der Waals surface area contributed by atoms with Gasteiger partial charge in [0.2, 0.25) is 11.8 Å². The van der Waals surface area contributed by atoms with Crippen molar-refractivity contribution < 1.29 is 9.59 Å². The summed E-state index contributed by atoms with van der Waals surface area (Å²) in [4.78, 5) is 25.5. The van der Waals surface area contributed by atoms with Crippen LogP contribution in [-0.4, -0.2) is 42.9 Å². The zero-order valence-corrected chi connectivity index (χ0v) is 13.5. The van der Waals surface area contributed by atoms with Crippen LogP contribution >= 0.6 is 12.4 Å². The van der Waals surface area contributed by atoms with E-state index in [1.165, 1.54) is 0 Å². The molecule has 1 rings (SSSR count). The van der Waals surface area contributed by atoms with Crippen LogP contribution in [0.4, 0.5) is 0 Å². The van der Waals surface area contributed by atoms with Crippen LogP contribution in [0.5, 0.6) is 0 Å². The number of nitrogens with two attached hydrogens (primary N) is 1. The minimum absolute atomic E-state index is 0. The van der Waals surface area contributed by atoms with Crippen LogP contribution in [0.25, 0.3) is 0 Å². The molecule has 0 aromatic rings. The maximum atomic E-state index is 12.1. The maximum Gasteiger partial charge on any atom is 0.226 e. The first-order valence-electron chi connectivity index (χ1n) is 7.22. The fourth-order valence-corrected chi connectivity index (χ4v) is 2.29. The highest BCUT2D eigenvalue weighted by Gasteiger charge is 2.26. The van der Waals surface area contributed by atoms with E-state index < -0.39 is 0 Å². The molecule has 2 atom stereocenters. The SMILES string of the molecule is CC(C)C(=O)NCC1CCCN(C(=O)C(C)CN)C1.Cl. The number of halogens is 1. The molecule has 6 heteroatoms. The van der Waals surface area contributed by atoms with Crippen LogP contribution in [0, 0.1) is 17.8 Å². The van der Waals surface area contributed by atoms with E-state index in [1.807, 2.05) is 25.7 Å². The Bertz CT molecular complexity index is 324. The van der Waals surface area contributed by atoms with E-state index in [4.69, 9.17) is 5.73 Å². The second-order valence-electron chi connectivity index (χ2n) is 5.83. The van der Waals surface area contributed by atoms with Crippen molar-refractivity contribution >= 4 is 24.2 Å². The standard InChI is InChI=1S/C14H27N3O2.ClH/c1-10(2)13(18)16-8-12-5-4-6-17(9-12)14(19)11(3)7-15;/h10-12H,4-9,15H2,1-3H3,(H,16,18);1H. The normalized spacial score (nSPS) is 20.2. The van der Waals surface area contributed by atoms with Crippen LogP contribution in [0.3, 0.4) is 0 Å². The number of hydrogen-bond acceptors (Lipinski definition) is 3. The molecule has 5 nitrogen and oxygen atoms in total. The number of likely N-dealkylation sites (tertiary alicyclic amines) is 1. The molecule has 1 aliphatic heterocycles. The van der Waals surface area contributed by atoms with E-state index in [0.29, 0.717) is 19.0 Å². The van der Waals surface area contributed by atoms with Crippen molar-refractivity contribution in [2.45, 2.75) is 33.6 Å². The van der Waals surface area contributed by atoms with Crippen molar-refractivity contribution in [3.8, 4) is 0 Å². The van der Waals surface area contributed by atoms with E-state index in [1.54, 1.807) is 0 Å². The number of piperidine rings is 1. The monoisotopic (exact) mass is 305 g/mol. The Balaban J connectivity index is 0.00000361. The molecule has 118 valence electrons. The van der Waals surface area contributed by atoms with Crippen LogP contribution in [-0.2, 0) is 9.59 Å². The summed E-state index contributed by atoms with van der Waals surface area (Å²) in [6.07, 6.45) is 2.07. The highest BCUT2D eigenvalue weighted by atomic mass is 35.5. The van der Waals surface area contributed by atoms with E-state index in [9.17, 15) is 9.59 Å². The largest absolute Gasteiger partial charge is 0.356 e. The second kappa shape index (κ2) is 9.19. The Morgan fingerprint density at radius 2 is 2.00 bits per heavy atom. The highest BCUT2D eigenvalue weighted by Crippen LogP contribution is 2.17. The van der Waals surface area contributed by atoms with Gasteiger partial charge in [-0.05, 0) is 18.8 Å². The summed E-state index contributed by atoms with van der Waals surface area (Å²) in [7, 11) is 0. The lowest BCUT2D eigenvalue weighted by Crippen LogP contribution is -2.46. The Kier molecular flexibility index (Phi) is 8.81. The second-order valence-corrected chi connectivity index (χ2v) is 5.83. The maximum absolute atomic E-state index is 12.1. The Morgan fingerprint density at radius 3 is 2.55 bits per heavy atom. The first kappa shape index (κ1) is 19.2. The number of nitrogens with zero attached hydrogens (tertiary/aromatic N) is 1. The number of carbonyl (C=O) groups excluding carboxylic acids is 2. The number of nitrogens with one attached hydrogen (secondary N) is 1. The van der Waals surface area contributed by atoms with Gasteiger partial charge in [-0.2, -0.15) is 0 Å². The van der Waals surface area contributed by atoms with Crippen molar-refractivity contribution in [1.82, 2.24) is 10.2 Å². The molecule has 3 N–H and O–H groups in total. The van der Waals surface area contributed by atoms with Crippen molar-refractivity contribution in [3.05, 3.63) is 0 Å². The van der Waals surface area contributed by atoms with Gasteiger partial charge in [-0.1, -0.05) is 20.8 Å². The van der Waals surface area contributed by atoms with Crippen LogP contribution in [0.1, 0.15) is 33.6 Å². The zero-order chi connectivity index (χ0) is 14.4. The molecule has 1 aliphatic rings. The number of rotatable bonds is 5. The molecule has 0 radical (unpaired) electrons. The Labute approximate surface area is 128 Å². The van der Waals surface area contributed by atoms with Gasteiger partial charge in [-0.25, -0.2) is 0 Å². The van der Waals surface area contributed by atoms with Gasteiger partial charge in [0.25, 0.3) is 0 Å². The van der Waals surface area contributed by atoms with Crippen molar-refractivity contribution in [2.75, 3.05) is 26.2 Å². The van der Waals surface area contributed by atoms with Gasteiger partial charge < -0.3 is 16.0 Å². The van der Waals surface area contributed by atoms with Gasteiger partial charge >= 0.3 is 0 Å². The topological polar surface area (TPSA) is 75.4 Å². The molecule has 0 aromatic carbocycles. The van der Waals surface area contributed by atoms with Crippen LogP contribution in [0.15, 0.2) is 0 Å². The first-order chi connectivity index (χ1) is 8.95. The van der Waals surface area contributed by atoms with Crippen molar-refractivity contribution in [2.24, 2.45) is 23.5 Å². The molecule has 0 saturated carbocycles. The molecule has 20 heavy (non-hydrogen) atoms. The molecular formula is C14H28ClN3O2.